The molecule has 0 unspecified atom stereocenters. The van der Waals surface area contributed by atoms with Crippen molar-refractivity contribution in [2.75, 3.05) is 0 Å². The maximum Gasteiger partial charge on any atom is 0.271 e. The van der Waals surface area contributed by atoms with Crippen molar-refractivity contribution in [1.29, 1.82) is 0 Å². The zero-order chi connectivity index (χ0) is 15.2. The Balaban J connectivity index is 2.09. The van der Waals surface area contributed by atoms with Crippen LogP contribution in [0.4, 0.5) is 17.1 Å². The molecule has 8 heteroatoms. The highest BCUT2D eigenvalue weighted by atomic mass is 16.6. The molecule has 0 aliphatic carbocycles. The van der Waals surface area contributed by atoms with E-state index in [1.165, 1.54) is 30.3 Å². The number of benzene rings is 2. The highest BCUT2D eigenvalue weighted by Gasteiger charge is 2.06. The quantitative estimate of drug-likeness (QED) is 0.472. The van der Waals surface area contributed by atoms with Crippen LogP contribution in [0.3, 0.4) is 0 Å². The maximum atomic E-state index is 10.6. The molecule has 0 atom stereocenters. The molecule has 0 aromatic heterocycles. The van der Waals surface area contributed by atoms with Crippen molar-refractivity contribution in [2.24, 2.45) is 10.2 Å². The largest absolute Gasteiger partial charge is 0.271 e. The highest BCUT2D eigenvalue weighted by molar-refractivity contribution is 5.46. The lowest BCUT2D eigenvalue weighted by molar-refractivity contribution is -0.385. The van der Waals surface area contributed by atoms with Gasteiger partial charge in [-0.2, -0.15) is 10.2 Å². The third-order valence-electron chi connectivity index (χ3n) is 2.60. The van der Waals surface area contributed by atoms with Gasteiger partial charge in [0.2, 0.25) is 0 Å². The van der Waals surface area contributed by atoms with Crippen molar-refractivity contribution in [3.63, 3.8) is 0 Å². The van der Waals surface area contributed by atoms with E-state index >= 15 is 0 Å². The summed E-state index contributed by atoms with van der Waals surface area (Å²) in [4.78, 5) is 20.3. The summed E-state index contributed by atoms with van der Waals surface area (Å²) in [6, 6.07) is 11.8. The van der Waals surface area contributed by atoms with E-state index in [4.69, 9.17) is 0 Å². The van der Waals surface area contributed by atoms with Gasteiger partial charge in [0.25, 0.3) is 11.4 Å². The Bertz CT molecular complexity index is 715. The van der Waals surface area contributed by atoms with Crippen molar-refractivity contribution in [2.45, 2.75) is 6.54 Å². The summed E-state index contributed by atoms with van der Waals surface area (Å²) < 4.78 is 0. The Morgan fingerprint density at radius 1 is 0.905 bits per heavy atom. The Morgan fingerprint density at radius 3 is 2.19 bits per heavy atom. The molecule has 106 valence electrons. The van der Waals surface area contributed by atoms with Gasteiger partial charge in [0.15, 0.2) is 0 Å². The number of hydrogen-bond acceptors (Lipinski definition) is 6. The van der Waals surface area contributed by atoms with Gasteiger partial charge in [0, 0.05) is 24.3 Å². The third-order valence-corrected chi connectivity index (χ3v) is 2.60. The standard InChI is InChI=1S/C13H10N4O4/c18-16(19)12-5-1-3-10(7-12)9-14-15-11-4-2-6-13(8-11)17(20)21/h1-8H,9H2. The molecule has 0 spiro atoms. The van der Waals surface area contributed by atoms with Crippen LogP contribution in [-0.2, 0) is 6.54 Å². The van der Waals surface area contributed by atoms with Crippen LogP contribution in [0.25, 0.3) is 0 Å². The van der Waals surface area contributed by atoms with Crippen LogP contribution in [0.15, 0.2) is 58.8 Å². The zero-order valence-corrected chi connectivity index (χ0v) is 10.7. The Morgan fingerprint density at radius 2 is 1.52 bits per heavy atom. The van der Waals surface area contributed by atoms with Crippen LogP contribution in [-0.4, -0.2) is 9.85 Å². The number of non-ortho nitro benzene ring substituents is 2. The van der Waals surface area contributed by atoms with E-state index < -0.39 is 9.85 Å². The first-order valence-electron chi connectivity index (χ1n) is 5.91. The minimum Gasteiger partial charge on any atom is -0.258 e. The van der Waals surface area contributed by atoms with Gasteiger partial charge in [-0.15, -0.1) is 0 Å². The fourth-order valence-electron chi connectivity index (χ4n) is 1.64. The molecule has 8 nitrogen and oxygen atoms in total. The number of nitro benzene ring substituents is 2. The predicted molar refractivity (Wildman–Crippen MR) is 74.4 cm³/mol. The number of hydrogen-bond donors (Lipinski definition) is 0. The fourth-order valence-corrected chi connectivity index (χ4v) is 1.64. The average Bonchev–Trinajstić information content (AvgIpc) is 2.48. The van der Waals surface area contributed by atoms with Crippen molar-refractivity contribution in [1.82, 2.24) is 0 Å². The van der Waals surface area contributed by atoms with Gasteiger partial charge < -0.3 is 0 Å². The lowest BCUT2D eigenvalue weighted by Gasteiger charge is -1.96. The summed E-state index contributed by atoms with van der Waals surface area (Å²) >= 11 is 0. The molecule has 2 aromatic rings. The molecule has 0 saturated carbocycles. The molecule has 2 aromatic carbocycles. The first kappa shape index (κ1) is 14.3. The van der Waals surface area contributed by atoms with E-state index in [0.29, 0.717) is 11.3 Å². The molecule has 2 rings (SSSR count). The molecule has 21 heavy (non-hydrogen) atoms. The van der Waals surface area contributed by atoms with Gasteiger partial charge in [0.05, 0.1) is 22.1 Å². The number of rotatable bonds is 5. The second-order valence-corrected chi connectivity index (χ2v) is 4.10. The summed E-state index contributed by atoms with van der Waals surface area (Å²) in [5.41, 5.74) is 0.910. The molecule has 0 aliphatic rings. The van der Waals surface area contributed by atoms with Crippen molar-refractivity contribution in [3.8, 4) is 0 Å². The normalized spacial score (nSPS) is 10.7. The minimum absolute atomic E-state index is 0.0157. The van der Waals surface area contributed by atoms with Crippen LogP contribution in [0.5, 0.6) is 0 Å². The number of nitro groups is 2. The summed E-state index contributed by atoms with van der Waals surface area (Å²) in [7, 11) is 0. The van der Waals surface area contributed by atoms with Gasteiger partial charge in [-0.1, -0.05) is 18.2 Å². The molecule has 0 radical (unpaired) electrons. The number of azo groups is 1. The first-order chi connectivity index (χ1) is 10.1. The maximum absolute atomic E-state index is 10.6. The van der Waals surface area contributed by atoms with Crippen LogP contribution >= 0.6 is 0 Å². The van der Waals surface area contributed by atoms with Gasteiger partial charge in [-0.05, 0) is 11.6 Å². The molecule has 0 N–H and O–H groups in total. The molecular formula is C13H10N4O4. The van der Waals surface area contributed by atoms with E-state index in [-0.39, 0.29) is 17.9 Å². The van der Waals surface area contributed by atoms with E-state index in [2.05, 4.69) is 10.2 Å². The summed E-state index contributed by atoms with van der Waals surface area (Å²) in [5.74, 6) is 0. The van der Waals surface area contributed by atoms with Gasteiger partial charge >= 0.3 is 0 Å². The molecule has 0 aliphatic heterocycles. The minimum atomic E-state index is -0.514. The van der Waals surface area contributed by atoms with Gasteiger partial charge in [-0.3, -0.25) is 20.2 Å². The van der Waals surface area contributed by atoms with Crippen molar-refractivity contribution >= 4 is 17.1 Å². The van der Waals surface area contributed by atoms with Crippen LogP contribution in [0.2, 0.25) is 0 Å². The summed E-state index contributed by atoms with van der Waals surface area (Å²) in [5, 5.41) is 29.0. The summed E-state index contributed by atoms with van der Waals surface area (Å²) in [6.45, 7) is 0.157. The third kappa shape index (κ3) is 3.90. The van der Waals surface area contributed by atoms with Gasteiger partial charge in [0.1, 0.15) is 0 Å². The van der Waals surface area contributed by atoms with Crippen molar-refractivity contribution < 1.29 is 9.85 Å². The lowest BCUT2D eigenvalue weighted by atomic mass is 10.2. The van der Waals surface area contributed by atoms with Crippen LogP contribution in [0.1, 0.15) is 5.56 Å². The monoisotopic (exact) mass is 286 g/mol. The van der Waals surface area contributed by atoms with Gasteiger partial charge in [-0.25, -0.2) is 0 Å². The van der Waals surface area contributed by atoms with Crippen LogP contribution < -0.4 is 0 Å². The predicted octanol–water partition coefficient (Wildman–Crippen LogP) is 3.79. The topological polar surface area (TPSA) is 111 Å². The number of nitrogens with zero attached hydrogens (tertiary/aromatic N) is 4. The fraction of sp³-hybridized carbons (Fsp3) is 0.0769. The van der Waals surface area contributed by atoms with E-state index in [9.17, 15) is 20.2 Å². The Labute approximate surface area is 119 Å². The first-order valence-corrected chi connectivity index (χ1v) is 5.91. The smallest absolute Gasteiger partial charge is 0.258 e. The SMILES string of the molecule is O=[N+]([O-])c1cccc(CN=Nc2cccc([N+](=O)[O-])c2)c1. The average molecular weight is 286 g/mol. The molecule has 0 fully saturated rings. The second-order valence-electron chi connectivity index (χ2n) is 4.10. The Kier molecular flexibility index (Phi) is 4.30. The molecule has 0 saturated heterocycles. The molecule has 0 bridgehead atoms. The van der Waals surface area contributed by atoms with Crippen LogP contribution in [0, 0.1) is 20.2 Å². The molecular weight excluding hydrogens is 276 g/mol. The molecule has 0 heterocycles. The highest BCUT2D eigenvalue weighted by Crippen LogP contribution is 2.20. The molecule has 0 amide bonds. The van der Waals surface area contributed by atoms with E-state index in [1.54, 1.807) is 18.2 Å². The van der Waals surface area contributed by atoms with Crippen molar-refractivity contribution in [3.05, 3.63) is 74.3 Å². The Hall–Kier alpha value is -3.16. The van der Waals surface area contributed by atoms with E-state index in [0.717, 1.165) is 0 Å². The van der Waals surface area contributed by atoms with E-state index in [1.807, 2.05) is 0 Å². The lowest BCUT2D eigenvalue weighted by Crippen LogP contribution is -1.89. The summed E-state index contributed by atoms with van der Waals surface area (Å²) in [6.07, 6.45) is 0. The second kappa shape index (κ2) is 6.33. The zero-order valence-electron chi connectivity index (χ0n) is 10.7.